The van der Waals surface area contributed by atoms with Gasteiger partial charge in [-0.25, -0.2) is 4.98 Å². The summed E-state index contributed by atoms with van der Waals surface area (Å²) in [7, 11) is 1.84. The molecular formula is C21H21N5OS3. The van der Waals surface area contributed by atoms with E-state index in [1.165, 1.54) is 16.6 Å². The monoisotopic (exact) mass is 455 g/mol. The molecule has 0 saturated heterocycles. The van der Waals surface area contributed by atoms with Gasteiger partial charge in [0.15, 0.2) is 5.16 Å². The zero-order chi connectivity index (χ0) is 20.5. The summed E-state index contributed by atoms with van der Waals surface area (Å²) in [5, 5.41) is 12.7. The summed E-state index contributed by atoms with van der Waals surface area (Å²) in [6.07, 6.45) is 3.12. The molecular weight excluding hydrogens is 434 g/mol. The summed E-state index contributed by atoms with van der Waals surface area (Å²) in [5.41, 5.74) is 0.989. The summed E-state index contributed by atoms with van der Waals surface area (Å²) in [5.74, 6) is 1.42. The van der Waals surface area contributed by atoms with E-state index in [9.17, 15) is 4.79 Å². The van der Waals surface area contributed by atoms with Crippen molar-refractivity contribution in [2.45, 2.75) is 37.0 Å². The fourth-order valence-electron chi connectivity index (χ4n) is 3.31. The van der Waals surface area contributed by atoms with E-state index < -0.39 is 0 Å². The number of amides is 1. The normalized spacial score (nSPS) is 13.8. The number of fused-ring (bicyclic) bond motifs is 1. The molecule has 30 heavy (non-hydrogen) atoms. The quantitative estimate of drug-likeness (QED) is 0.363. The Morgan fingerprint density at radius 2 is 2.10 bits per heavy atom. The van der Waals surface area contributed by atoms with Crippen molar-refractivity contribution in [2.75, 3.05) is 12.8 Å². The smallest absolute Gasteiger partial charge is 0.233 e. The van der Waals surface area contributed by atoms with Gasteiger partial charge in [0.05, 0.1) is 22.5 Å². The third kappa shape index (κ3) is 4.28. The number of thioether (sulfide) groups is 1. The van der Waals surface area contributed by atoms with Crippen LogP contribution < -0.4 is 0 Å². The Kier molecular flexibility index (Phi) is 5.58. The summed E-state index contributed by atoms with van der Waals surface area (Å²) in [6, 6.07) is 12.7. The van der Waals surface area contributed by atoms with E-state index in [-0.39, 0.29) is 5.91 Å². The van der Waals surface area contributed by atoms with Gasteiger partial charge in [-0.05, 0) is 36.4 Å². The van der Waals surface area contributed by atoms with Crippen molar-refractivity contribution in [3.05, 3.63) is 57.5 Å². The van der Waals surface area contributed by atoms with E-state index in [0.717, 1.165) is 45.5 Å². The first kappa shape index (κ1) is 19.7. The molecule has 1 aliphatic carbocycles. The molecule has 1 amide bonds. The molecule has 0 radical (unpaired) electrons. The van der Waals surface area contributed by atoms with Crippen LogP contribution in [0.15, 0.2) is 46.9 Å². The first-order valence-electron chi connectivity index (χ1n) is 9.85. The van der Waals surface area contributed by atoms with Crippen molar-refractivity contribution in [3.8, 4) is 0 Å². The predicted octanol–water partition coefficient (Wildman–Crippen LogP) is 4.63. The maximum absolute atomic E-state index is 12.7. The van der Waals surface area contributed by atoms with E-state index in [4.69, 9.17) is 0 Å². The van der Waals surface area contributed by atoms with Gasteiger partial charge in [0, 0.05) is 24.4 Å². The lowest BCUT2D eigenvalue weighted by atomic mass is 10.3. The van der Waals surface area contributed by atoms with Crippen LogP contribution in [0.3, 0.4) is 0 Å². The SMILES string of the molecule is CN(Cc1nc2ccccc2s1)C(=O)CSc1nnc(Cc2cccs2)n1C1CC1. The maximum atomic E-state index is 12.7. The molecule has 1 fully saturated rings. The first-order chi connectivity index (χ1) is 14.7. The molecule has 9 heteroatoms. The molecule has 4 aromatic rings. The van der Waals surface area contributed by atoms with Crippen LogP contribution in [0, 0.1) is 0 Å². The van der Waals surface area contributed by atoms with Gasteiger partial charge in [0.1, 0.15) is 10.8 Å². The Hall–Kier alpha value is -2.23. The molecule has 0 aliphatic heterocycles. The Balaban J connectivity index is 1.23. The van der Waals surface area contributed by atoms with Gasteiger partial charge in [0.2, 0.25) is 5.91 Å². The molecule has 3 aromatic heterocycles. The van der Waals surface area contributed by atoms with Crippen molar-refractivity contribution >= 4 is 50.6 Å². The molecule has 1 saturated carbocycles. The van der Waals surface area contributed by atoms with Gasteiger partial charge in [-0.2, -0.15) is 0 Å². The third-order valence-corrected chi connectivity index (χ3v) is 7.85. The minimum absolute atomic E-state index is 0.0735. The maximum Gasteiger partial charge on any atom is 0.233 e. The van der Waals surface area contributed by atoms with Crippen molar-refractivity contribution in [3.63, 3.8) is 0 Å². The summed E-state index contributed by atoms with van der Waals surface area (Å²) in [4.78, 5) is 20.4. The number of thiophene rings is 1. The fraction of sp³-hybridized carbons (Fsp3) is 0.333. The van der Waals surface area contributed by atoms with Crippen LogP contribution in [-0.2, 0) is 17.8 Å². The van der Waals surface area contributed by atoms with Crippen LogP contribution in [0.4, 0.5) is 0 Å². The number of nitrogens with zero attached hydrogens (tertiary/aromatic N) is 5. The first-order valence-corrected chi connectivity index (χ1v) is 12.5. The zero-order valence-corrected chi connectivity index (χ0v) is 19.0. The minimum Gasteiger partial charge on any atom is -0.338 e. The lowest BCUT2D eigenvalue weighted by Crippen LogP contribution is -2.27. The lowest BCUT2D eigenvalue weighted by Gasteiger charge is -2.15. The molecule has 0 bridgehead atoms. The highest BCUT2D eigenvalue weighted by atomic mass is 32.2. The highest BCUT2D eigenvalue weighted by Gasteiger charge is 2.30. The van der Waals surface area contributed by atoms with Crippen LogP contribution in [0.1, 0.15) is 34.6 Å². The lowest BCUT2D eigenvalue weighted by molar-refractivity contribution is -0.127. The van der Waals surface area contributed by atoms with Gasteiger partial charge in [-0.3, -0.25) is 4.79 Å². The standard InChI is InChI=1S/C21H21N5OS3/c1-25(12-19-22-16-6-2-3-7-17(16)30-19)20(27)13-29-21-24-23-18(26(21)14-8-9-14)11-15-5-4-10-28-15/h2-7,10,14H,8-9,11-13H2,1H3. The second kappa shape index (κ2) is 8.49. The Morgan fingerprint density at radius 3 is 2.87 bits per heavy atom. The van der Waals surface area contributed by atoms with Crippen LogP contribution in [0.2, 0.25) is 0 Å². The summed E-state index contributed by atoms with van der Waals surface area (Å²) >= 11 is 4.86. The second-order valence-corrected chi connectivity index (χ2v) is 10.5. The van der Waals surface area contributed by atoms with Gasteiger partial charge < -0.3 is 9.47 Å². The van der Waals surface area contributed by atoms with Crippen molar-refractivity contribution in [1.29, 1.82) is 0 Å². The third-order valence-electron chi connectivity index (χ3n) is 5.02. The van der Waals surface area contributed by atoms with E-state index >= 15 is 0 Å². The molecule has 0 unspecified atom stereocenters. The highest BCUT2D eigenvalue weighted by Crippen LogP contribution is 2.39. The van der Waals surface area contributed by atoms with E-state index in [1.807, 2.05) is 25.2 Å². The molecule has 0 atom stereocenters. The Morgan fingerprint density at radius 1 is 1.23 bits per heavy atom. The Labute approximate surface area is 187 Å². The van der Waals surface area contributed by atoms with Crippen molar-refractivity contribution < 1.29 is 4.79 Å². The number of carbonyl (C=O) groups is 1. The molecule has 0 N–H and O–H groups in total. The largest absolute Gasteiger partial charge is 0.338 e. The van der Waals surface area contributed by atoms with Gasteiger partial charge in [-0.15, -0.1) is 32.9 Å². The molecule has 0 spiro atoms. The van der Waals surface area contributed by atoms with Crippen molar-refractivity contribution in [2.24, 2.45) is 0 Å². The minimum atomic E-state index is 0.0735. The summed E-state index contributed by atoms with van der Waals surface area (Å²) < 4.78 is 3.39. The molecule has 1 aliphatic rings. The van der Waals surface area contributed by atoms with E-state index in [2.05, 4.69) is 43.3 Å². The topological polar surface area (TPSA) is 63.9 Å². The number of hydrogen-bond acceptors (Lipinski definition) is 7. The molecule has 6 nitrogen and oxygen atoms in total. The van der Waals surface area contributed by atoms with Crippen LogP contribution >= 0.6 is 34.4 Å². The van der Waals surface area contributed by atoms with Crippen LogP contribution in [0.5, 0.6) is 0 Å². The van der Waals surface area contributed by atoms with Crippen molar-refractivity contribution in [1.82, 2.24) is 24.6 Å². The number of aromatic nitrogens is 4. The predicted molar refractivity (Wildman–Crippen MR) is 122 cm³/mol. The fourth-order valence-corrected chi connectivity index (χ4v) is 6.00. The van der Waals surface area contributed by atoms with E-state index in [0.29, 0.717) is 18.3 Å². The van der Waals surface area contributed by atoms with Crippen LogP contribution in [-0.4, -0.2) is 43.4 Å². The molecule has 3 heterocycles. The second-order valence-electron chi connectivity index (χ2n) is 7.37. The number of hydrogen-bond donors (Lipinski definition) is 0. The zero-order valence-electron chi connectivity index (χ0n) is 16.5. The summed E-state index contributed by atoms with van der Waals surface area (Å²) in [6.45, 7) is 0.525. The number of carbonyl (C=O) groups excluding carboxylic acids is 1. The van der Waals surface area contributed by atoms with E-state index in [1.54, 1.807) is 27.6 Å². The number of para-hydroxylation sites is 1. The van der Waals surface area contributed by atoms with Gasteiger partial charge in [-0.1, -0.05) is 30.0 Å². The molecule has 1 aromatic carbocycles. The average molecular weight is 456 g/mol. The molecule has 5 rings (SSSR count). The number of rotatable bonds is 8. The number of benzene rings is 1. The van der Waals surface area contributed by atoms with Gasteiger partial charge >= 0.3 is 0 Å². The van der Waals surface area contributed by atoms with Crippen LogP contribution in [0.25, 0.3) is 10.2 Å². The highest BCUT2D eigenvalue weighted by molar-refractivity contribution is 7.99. The van der Waals surface area contributed by atoms with Gasteiger partial charge in [0.25, 0.3) is 0 Å². The molecule has 154 valence electrons. The number of thiazole rings is 1. The Bertz CT molecular complexity index is 1130. The average Bonchev–Trinajstić information content (AvgIpc) is 3.14.